The number of anilines is 1. The van der Waals surface area contributed by atoms with Crippen molar-refractivity contribution in [2.24, 2.45) is 15.3 Å². The maximum absolute atomic E-state index is 13.1. The summed E-state index contributed by atoms with van der Waals surface area (Å²) in [6.45, 7) is 0. The first-order chi connectivity index (χ1) is 22.5. The average molecular weight is 776 g/mol. The van der Waals surface area contributed by atoms with E-state index in [1.807, 2.05) is 0 Å². The number of hydrogen-bond donors (Lipinski definition) is 1. The Morgan fingerprint density at radius 1 is 0.588 bits per heavy atom. The van der Waals surface area contributed by atoms with E-state index in [0.29, 0.717) is 16.5 Å². The molecular formula is C30H20N5Na3O10S3. The van der Waals surface area contributed by atoms with Gasteiger partial charge in [-0.05, 0) is 65.7 Å². The Hall–Kier alpha value is -2.37. The van der Waals surface area contributed by atoms with Gasteiger partial charge in [0.15, 0.2) is 0 Å². The zero-order valence-corrected chi connectivity index (χ0v) is 35.5. The van der Waals surface area contributed by atoms with Crippen LogP contribution in [0.3, 0.4) is 0 Å². The van der Waals surface area contributed by atoms with Crippen LogP contribution in [-0.4, -0.2) is 43.8 Å². The summed E-state index contributed by atoms with van der Waals surface area (Å²) in [7, 11) is -14.7. The van der Waals surface area contributed by atoms with Gasteiger partial charge in [-0.2, -0.15) is 5.11 Å². The maximum Gasteiger partial charge on any atom is 1.00 e. The second kappa shape index (κ2) is 18.1. The second-order valence-electron chi connectivity index (χ2n) is 9.93. The van der Waals surface area contributed by atoms with E-state index in [2.05, 4.69) is 15.3 Å². The number of fused-ring (bicyclic) bond motifs is 1. The standard InChI is InChI=1S/C30H23N5O10S3.3Na/c31-21-9-7-19(29(17-21)47(40,41)42)5-6-20-8-12-23(18-30(20)48(43,44)45)35(36)34-28-16-15-27(25-3-1-2-4-26(25)28)33-32-22-10-13-24(14-11-22)46(37,38)39;;;/h1-18H,31H2,(H,37,38,39)(H,40,41,42)(H,43,44,45);;;/q;3*+1/p-3/b6-5+,33-32?,35-34?;;;. The van der Waals surface area contributed by atoms with Crippen molar-refractivity contribution in [3.8, 4) is 0 Å². The molecule has 21 heteroatoms. The minimum atomic E-state index is -5.17. The van der Waals surface area contributed by atoms with Gasteiger partial charge in [0.2, 0.25) is 5.69 Å². The molecule has 0 unspecified atom stereocenters. The van der Waals surface area contributed by atoms with E-state index in [9.17, 15) is 44.1 Å². The zero-order valence-electron chi connectivity index (χ0n) is 27.1. The van der Waals surface area contributed by atoms with E-state index < -0.39 is 45.0 Å². The molecular weight excluding hydrogens is 756 g/mol. The summed E-state index contributed by atoms with van der Waals surface area (Å²) < 4.78 is 105. The van der Waals surface area contributed by atoms with Crippen LogP contribution < -0.4 is 94.4 Å². The molecule has 0 aliphatic rings. The Morgan fingerprint density at radius 2 is 1.10 bits per heavy atom. The van der Waals surface area contributed by atoms with E-state index >= 15 is 0 Å². The summed E-state index contributed by atoms with van der Waals surface area (Å²) in [5, 5.41) is 26.4. The predicted octanol–water partition coefficient (Wildman–Crippen LogP) is -3.34. The summed E-state index contributed by atoms with van der Waals surface area (Å²) in [5.74, 6) is 0. The smallest absolute Gasteiger partial charge is 0.744 e. The van der Waals surface area contributed by atoms with Crippen LogP contribution in [0.15, 0.2) is 127 Å². The second-order valence-corrected chi connectivity index (χ2v) is 14.0. The summed E-state index contributed by atoms with van der Waals surface area (Å²) in [5.41, 5.74) is 5.71. The third-order valence-corrected chi connectivity index (χ3v) is 9.35. The van der Waals surface area contributed by atoms with Gasteiger partial charge in [0.25, 0.3) is 0 Å². The largest absolute Gasteiger partial charge is 1.00 e. The van der Waals surface area contributed by atoms with E-state index in [1.165, 1.54) is 42.5 Å². The van der Waals surface area contributed by atoms with Gasteiger partial charge < -0.3 is 24.6 Å². The molecule has 0 amide bonds. The van der Waals surface area contributed by atoms with E-state index in [0.717, 1.165) is 42.5 Å². The number of benzene rings is 5. The average Bonchev–Trinajstić information content (AvgIpc) is 3.02. The van der Waals surface area contributed by atoms with Gasteiger partial charge in [-0.3, -0.25) is 0 Å². The van der Waals surface area contributed by atoms with Crippen molar-refractivity contribution in [1.29, 1.82) is 0 Å². The molecule has 0 bridgehead atoms. The number of nitrogens with zero attached hydrogens (tertiary/aromatic N) is 4. The Morgan fingerprint density at radius 3 is 1.65 bits per heavy atom. The molecule has 0 radical (unpaired) electrons. The van der Waals surface area contributed by atoms with Gasteiger partial charge in [0.1, 0.15) is 36.0 Å². The van der Waals surface area contributed by atoms with Crippen LogP contribution in [-0.2, 0) is 30.4 Å². The van der Waals surface area contributed by atoms with Crippen LogP contribution in [0.25, 0.3) is 22.9 Å². The Labute approximate surface area is 359 Å². The summed E-state index contributed by atoms with van der Waals surface area (Å²) in [4.78, 5) is -1.77. The minimum Gasteiger partial charge on any atom is -0.744 e. The van der Waals surface area contributed by atoms with Crippen molar-refractivity contribution >= 4 is 81.7 Å². The van der Waals surface area contributed by atoms with Crippen LogP contribution in [0.4, 0.5) is 28.4 Å². The molecule has 0 saturated carbocycles. The molecule has 0 heterocycles. The van der Waals surface area contributed by atoms with Crippen molar-refractivity contribution in [3.63, 3.8) is 0 Å². The topological polar surface area (TPSA) is 261 Å². The molecule has 0 aliphatic heterocycles. The summed E-state index contributed by atoms with van der Waals surface area (Å²) in [6.07, 6.45) is 2.21. The van der Waals surface area contributed by atoms with Crippen LogP contribution in [0.2, 0.25) is 0 Å². The fraction of sp³-hybridized carbons (Fsp3) is 0. The molecule has 0 atom stereocenters. The van der Waals surface area contributed by atoms with Crippen LogP contribution in [0, 0.1) is 5.21 Å². The van der Waals surface area contributed by atoms with Crippen molar-refractivity contribution in [3.05, 3.63) is 113 Å². The van der Waals surface area contributed by atoms with E-state index in [-0.39, 0.29) is 127 Å². The van der Waals surface area contributed by atoms with Gasteiger partial charge in [0.05, 0.1) is 26.1 Å². The third-order valence-electron chi connectivity index (χ3n) is 6.71. The van der Waals surface area contributed by atoms with E-state index in [1.54, 1.807) is 24.3 Å². The fourth-order valence-electron chi connectivity index (χ4n) is 4.47. The maximum atomic E-state index is 13.1. The molecule has 246 valence electrons. The Bertz CT molecular complexity index is 2520. The first kappa shape index (κ1) is 44.8. The predicted molar refractivity (Wildman–Crippen MR) is 170 cm³/mol. The van der Waals surface area contributed by atoms with Gasteiger partial charge in [-0.15, -0.1) is 5.11 Å². The number of rotatable bonds is 9. The van der Waals surface area contributed by atoms with Crippen LogP contribution in [0.5, 0.6) is 0 Å². The minimum absolute atomic E-state index is 0. The molecule has 5 aromatic carbocycles. The SMILES string of the molecule is Nc1ccc(/C=C/c2ccc([N+]([O-])=Nc3ccc(N=Nc4ccc(S(=O)(=O)[O-])cc4)c4ccccc34)cc2S(=O)(=O)[O-])c(S(=O)(=O)[O-])c1.[Na+].[Na+].[Na+]. The monoisotopic (exact) mass is 775 g/mol. The van der Waals surface area contributed by atoms with Crippen LogP contribution >= 0.6 is 0 Å². The fourth-order valence-corrected chi connectivity index (χ4v) is 6.33. The molecule has 5 rings (SSSR count). The molecule has 15 nitrogen and oxygen atoms in total. The van der Waals surface area contributed by atoms with Gasteiger partial charge in [0, 0.05) is 33.7 Å². The quantitative estimate of drug-likeness (QED) is 0.0294. The third kappa shape index (κ3) is 11.3. The number of nitrogens with two attached hydrogens (primary N) is 1. The van der Waals surface area contributed by atoms with Gasteiger partial charge in [-0.1, -0.05) is 47.3 Å². The van der Waals surface area contributed by atoms with Gasteiger partial charge in [-0.25, -0.2) is 25.3 Å². The normalized spacial score (nSPS) is 12.3. The Balaban J connectivity index is 0.00000300. The van der Waals surface area contributed by atoms with Crippen molar-refractivity contribution in [1.82, 2.24) is 0 Å². The molecule has 0 saturated heterocycles. The van der Waals surface area contributed by atoms with Crippen molar-refractivity contribution < 1.29 is 132 Å². The zero-order chi connectivity index (χ0) is 34.9. The first-order valence-electron chi connectivity index (χ1n) is 13.3. The number of hydrogen-bond acceptors (Lipinski definition) is 14. The summed E-state index contributed by atoms with van der Waals surface area (Å²) >= 11 is 0. The van der Waals surface area contributed by atoms with E-state index in [4.69, 9.17) is 5.73 Å². The number of nitrogen functional groups attached to an aromatic ring is 1. The van der Waals surface area contributed by atoms with Crippen molar-refractivity contribution in [2.75, 3.05) is 5.73 Å². The molecule has 0 aromatic heterocycles. The Kier molecular flexibility index (Phi) is 15.9. The van der Waals surface area contributed by atoms with Crippen LogP contribution in [0.1, 0.15) is 11.1 Å². The first-order valence-corrected chi connectivity index (χ1v) is 17.5. The molecule has 0 aliphatic carbocycles. The van der Waals surface area contributed by atoms with Gasteiger partial charge >= 0.3 is 88.7 Å². The summed E-state index contributed by atoms with van der Waals surface area (Å²) in [6, 6.07) is 21.1. The van der Waals surface area contributed by atoms with Crippen molar-refractivity contribution in [2.45, 2.75) is 14.7 Å². The molecule has 2 N–H and O–H groups in total. The molecule has 51 heavy (non-hydrogen) atoms. The number of azo groups is 2. The molecule has 5 aromatic rings. The molecule has 0 spiro atoms. The molecule has 0 fully saturated rings.